The number of ether oxygens (including phenoxy) is 2. The molecule has 1 atom stereocenters. The Hall–Kier alpha value is -1.35. The average molecular weight is 236 g/mol. The first-order chi connectivity index (χ1) is 8.22. The molecule has 0 aliphatic heterocycles. The van der Waals surface area contributed by atoms with Crippen molar-refractivity contribution in [3.63, 3.8) is 0 Å². The molecule has 0 radical (unpaired) electrons. The molecule has 0 aliphatic carbocycles. The molecule has 0 saturated carbocycles. The van der Waals surface area contributed by atoms with Crippen LogP contribution in [0.3, 0.4) is 0 Å². The van der Waals surface area contributed by atoms with Gasteiger partial charge in [-0.2, -0.15) is 0 Å². The van der Waals surface area contributed by atoms with Crippen molar-refractivity contribution < 1.29 is 14.3 Å². The molecule has 0 spiro atoms. The van der Waals surface area contributed by atoms with Crippen molar-refractivity contribution >= 4 is 6.29 Å². The fourth-order valence-electron chi connectivity index (χ4n) is 1.61. The lowest BCUT2D eigenvalue weighted by atomic mass is 9.96. The van der Waals surface area contributed by atoms with E-state index in [1.165, 1.54) is 0 Å². The largest absolute Gasteiger partial charge is 0.491 e. The predicted octanol–water partition coefficient (Wildman–Crippen LogP) is 3.04. The van der Waals surface area contributed by atoms with Gasteiger partial charge in [0.15, 0.2) is 0 Å². The summed E-state index contributed by atoms with van der Waals surface area (Å²) in [6.07, 6.45) is 1.88. The van der Waals surface area contributed by atoms with Crippen LogP contribution in [0.25, 0.3) is 0 Å². The van der Waals surface area contributed by atoms with Gasteiger partial charge in [-0.1, -0.05) is 13.8 Å². The van der Waals surface area contributed by atoms with Gasteiger partial charge in [0.05, 0.1) is 6.61 Å². The summed E-state index contributed by atoms with van der Waals surface area (Å²) in [4.78, 5) is 10.8. The summed E-state index contributed by atoms with van der Waals surface area (Å²) in [6, 6.07) is 5.55. The summed E-state index contributed by atoms with van der Waals surface area (Å²) in [6.45, 7) is 5.35. The van der Waals surface area contributed by atoms with Crippen molar-refractivity contribution in [1.82, 2.24) is 0 Å². The zero-order chi connectivity index (χ0) is 12.7. The number of rotatable bonds is 7. The normalized spacial score (nSPS) is 12.2. The van der Waals surface area contributed by atoms with Gasteiger partial charge in [-0.25, -0.2) is 0 Å². The predicted molar refractivity (Wildman–Crippen MR) is 67.9 cm³/mol. The van der Waals surface area contributed by atoms with Gasteiger partial charge in [-0.05, 0) is 36.1 Å². The molecule has 1 rings (SSSR count). The second-order valence-electron chi connectivity index (χ2n) is 4.07. The van der Waals surface area contributed by atoms with Gasteiger partial charge in [0.1, 0.15) is 18.6 Å². The number of benzene rings is 1. The Morgan fingerprint density at radius 2 is 2.12 bits per heavy atom. The van der Waals surface area contributed by atoms with E-state index in [9.17, 15) is 4.79 Å². The smallest absolute Gasteiger partial charge is 0.150 e. The van der Waals surface area contributed by atoms with E-state index in [0.717, 1.165) is 24.0 Å². The summed E-state index contributed by atoms with van der Waals surface area (Å²) in [5.41, 5.74) is 1.78. The number of carbonyl (C=O) groups is 1. The molecule has 0 N–H and O–H groups in total. The minimum atomic E-state index is 0.382. The van der Waals surface area contributed by atoms with E-state index in [1.54, 1.807) is 13.2 Å². The molecule has 94 valence electrons. The molecule has 0 bridgehead atoms. The highest BCUT2D eigenvalue weighted by Crippen LogP contribution is 2.29. The highest BCUT2D eigenvalue weighted by atomic mass is 16.5. The van der Waals surface area contributed by atoms with Gasteiger partial charge >= 0.3 is 0 Å². The number of hydrogen-bond donors (Lipinski definition) is 0. The van der Waals surface area contributed by atoms with Crippen LogP contribution in [-0.4, -0.2) is 26.6 Å². The second-order valence-corrected chi connectivity index (χ2v) is 4.07. The van der Waals surface area contributed by atoms with E-state index in [2.05, 4.69) is 13.8 Å². The molecule has 0 heterocycles. The first-order valence-electron chi connectivity index (χ1n) is 5.93. The lowest BCUT2D eigenvalue weighted by Gasteiger charge is -2.16. The van der Waals surface area contributed by atoms with Crippen LogP contribution in [0.2, 0.25) is 0 Å². The Kier molecular flexibility index (Phi) is 5.70. The van der Waals surface area contributed by atoms with Crippen LogP contribution in [0.4, 0.5) is 0 Å². The highest BCUT2D eigenvalue weighted by Gasteiger charge is 2.11. The Bertz CT molecular complexity index is 360. The van der Waals surface area contributed by atoms with E-state index < -0.39 is 0 Å². The van der Waals surface area contributed by atoms with E-state index in [4.69, 9.17) is 9.47 Å². The number of methoxy groups -OCH3 is 1. The van der Waals surface area contributed by atoms with E-state index >= 15 is 0 Å². The molecule has 0 fully saturated rings. The summed E-state index contributed by atoms with van der Waals surface area (Å²) < 4.78 is 10.6. The molecule has 1 unspecified atom stereocenters. The Morgan fingerprint density at radius 1 is 1.35 bits per heavy atom. The number of aldehydes is 1. The summed E-state index contributed by atoms with van der Waals surface area (Å²) in [7, 11) is 1.65. The summed E-state index contributed by atoms with van der Waals surface area (Å²) in [5, 5.41) is 0. The molecule has 1 aromatic rings. The van der Waals surface area contributed by atoms with Gasteiger partial charge < -0.3 is 9.47 Å². The maximum Gasteiger partial charge on any atom is 0.150 e. The quantitative estimate of drug-likeness (QED) is 0.539. The topological polar surface area (TPSA) is 35.5 Å². The van der Waals surface area contributed by atoms with E-state index in [-0.39, 0.29) is 0 Å². The minimum absolute atomic E-state index is 0.382. The molecule has 1 aromatic carbocycles. The molecule has 0 amide bonds. The monoisotopic (exact) mass is 236 g/mol. The van der Waals surface area contributed by atoms with Gasteiger partial charge in [0.2, 0.25) is 0 Å². The third-order valence-electron chi connectivity index (χ3n) is 2.86. The zero-order valence-corrected chi connectivity index (χ0v) is 10.7. The van der Waals surface area contributed by atoms with Gasteiger partial charge in [-0.15, -0.1) is 0 Å². The maximum atomic E-state index is 10.8. The van der Waals surface area contributed by atoms with Crippen LogP contribution < -0.4 is 4.74 Å². The fourth-order valence-corrected chi connectivity index (χ4v) is 1.61. The van der Waals surface area contributed by atoms with Gasteiger partial charge in [0, 0.05) is 12.7 Å². The first kappa shape index (κ1) is 13.7. The molecule has 3 nitrogen and oxygen atoms in total. The molecule has 0 aliphatic rings. The van der Waals surface area contributed by atoms with E-state index in [0.29, 0.717) is 24.7 Å². The number of carbonyl (C=O) groups excluding carboxylic acids is 1. The molecule has 3 heteroatoms. The highest BCUT2D eigenvalue weighted by molar-refractivity contribution is 5.75. The van der Waals surface area contributed by atoms with Gasteiger partial charge in [0.25, 0.3) is 0 Å². The third-order valence-corrected chi connectivity index (χ3v) is 2.86. The SMILES string of the molecule is CCC(C)c1cc(C=O)ccc1OCCOC. The summed E-state index contributed by atoms with van der Waals surface area (Å²) >= 11 is 0. The number of hydrogen-bond acceptors (Lipinski definition) is 3. The van der Waals surface area contributed by atoms with Gasteiger partial charge in [-0.3, -0.25) is 4.79 Å². The fraction of sp³-hybridized carbons (Fsp3) is 0.500. The maximum absolute atomic E-state index is 10.8. The molecule has 0 saturated heterocycles. The van der Waals surface area contributed by atoms with Crippen LogP contribution in [-0.2, 0) is 4.74 Å². The zero-order valence-electron chi connectivity index (χ0n) is 10.7. The Morgan fingerprint density at radius 3 is 2.71 bits per heavy atom. The van der Waals surface area contributed by atoms with Crippen LogP contribution >= 0.6 is 0 Å². The van der Waals surface area contributed by atoms with Crippen molar-refractivity contribution in [2.75, 3.05) is 20.3 Å². The first-order valence-corrected chi connectivity index (χ1v) is 5.93. The van der Waals surface area contributed by atoms with Crippen molar-refractivity contribution in [3.8, 4) is 5.75 Å². The van der Waals surface area contributed by atoms with Crippen molar-refractivity contribution in [3.05, 3.63) is 29.3 Å². The third kappa shape index (κ3) is 3.86. The van der Waals surface area contributed by atoms with Crippen LogP contribution in [0.1, 0.15) is 42.1 Å². The van der Waals surface area contributed by atoms with Crippen molar-refractivity contribution in [1.29, 1.82) is 0 Å². The minimum Gasteiger partial charge on any atom is -0.491 e. The standard InChI is InChI=1S/C14H20O3/c1-4-11(2)13-9-12(10-15)5-6-14(13)17-8-7-16-3/h5-6,9-11H,4,7-8H2,1-3H3. The van der Waals surface area contributed by atoms with Crippen molar-refractivity contribution in [2.24, 2.45) is 0 Å². The van der Waals surface area contributed by atoms with E-state index in [1.807, 2.05) is 12.1 Å². The Balaban J connectivity index is 2.89. The van der Waals surface area contributed by atoms with Crippen LogP contribution in [0, 0.1) is 0 Å². The van der Waals surface area contributed by atoms with Crippen molar-refractivity contribution in [2.45, 2.75) is 26.2 Å². The van der Waals surface area contributed by atoms with Crippen LogP contribution in [0.5, 0.6) is 5.75 Å². The lowest BCUT2D eigenvalue weighted by molar-refractivity contribution is 0.112. The molecular formula is C14H20O3. The molecule has 0 aromatic heterocycles. The summed E-state index contributed by atoms with van der Waals surface area (Å²) in [5.74, 6) is 1.23. The lowest BCUT2D eigenvalue weighted by Crippen LogP contribution is -2.07. The molecular weight excluding hydrogens is 216 g/mol. The van der Waals surface area contributed by atoms with Crippen LogP contribution in [0.15, 0.2) is 18.2 Å². The Labute approximate surface area is 103 Å². The average Bonchev–Trinajstić information content (AvgIpc) is 2.38. The second kappa shape index (κ2) is 7.07. The molecule has 17 heavy (non-hydrogen) atoms.